The number of rotatable bonds is 7. The molecule has 5 heteroatoms. The molecule has 0 saturated heterocycles. The molecule has 0 bridgehead atoms. The van der Waals surface area contributed by atoms with Crippen LogP contribution in [0.5, 0.6) is 5.75 Å². The van der Waals surface area contributed by atoms with Crippen LogP contribution in [0.25, 0.3) is 0 Å². The summed E-state index contributed by atoms with van der Waals surface area (Å²) in [5, 5.41) is 11.9. The molecule has 1 aromatic carbocycles. The Labute approximate surface area is 113 Å². The highest BCUT2D eigenvalue weighted by Crippen LogP contribution is 2.19. The minimum absolute atomic E-state index is 0.0615. The summed E-state index contributed by atoms with van der Waals surface area (Å²) in [6.45, 7) is 5.00. The lowest BCUT2D eigenvalue weighted by molar-refractivity contribution is -0.128. The van der Waals surface area contributed by atoms with Gasteiger partial charge in [0.1, 0.15) is 11.9 Å². The highest BCUT2D eigenvalue weighted by Gasteiger charge is 2.11. The normalized spacial score (nSPS) is 12.0. The van der Waals surface area contributed by atoms with E-state index in [0.717, 1.165) is 16.9 Å². The number of benzene rings is 1. The van der Waals surface area contributed by atoms with E-state index < -0.39 is 12.0 Å². The van der Waals surface area contributed by atoms with Gasteiger partial charge in [-0.2, -0.15) is 0 Å². The number of nitrogens with two attached hydrogens (primary N) is 1. The quantitative estimate of drug-likeness (QED) is 0.666. The van der Waals surface area contributed by atoms with Crippen molar-refractivity contribution in [1.29, 1.82) is 0 Å². The van der Waals surface area contributed by atoms with Crippen molar-refractivity contribution in [1.82, 2.24) is 5.32 Å². The molecule has 106 valence electrons. The third-order valence-corrected chi connectivity index (χ3v) is 2.78. The molecule has 1 rings (SSSR count). The Morgan fingerprint density at radius 3 is 2.84 bits per heavy atom. The molecule has 0 fully saturated rings. The van der Waals surface area contributed by atoms with E-state index in [4.69, 9.17) is 10.5 Å². The van der Waals surface area contributed by atoms with Crippen LogP contribution >= 0.6 is 0 Å². The van der Waals surface area contributed by atoms with Gasteiger partial charge in [0.05, 0.1) is 6.61 Å². The number of ether oxygens (including phenoxy) is 1. The van der Waals surface area contributed by atoms with Crippen LogP contribution in [0.4, 0.5) is 0 Å². The van der Waals surface area contributed by atoms with Crippen LogP contribution in [0, 0.1) is 6.92 Å². The molecule has 1 unspecified atom stereocenters. The molecule has 5 nitrogen and oxygen atoms in total. The predicted octanol–water partition coefficient (Wildman–Crippen LogP) is 0.372. The number of aliphatic hydroxyl groups is 1. The van der Waals surface area contributed by atoms with Gasteiger partial charge in [-0.3, -0.25) is 4.79 Å². The van der Waals surface area contributed by atoms with Gasteiger partial charge in [0.25, 0.3) is 0 Å². The zero-order valence-corrected chi connectivity index (χ0v) is 11.5. The fraction of sp³-hybridized carbons (Fsp3) is 0.500. The summed E-state index contributed by atoms with van der Waals surface area (Å²) in [5.74, 6) is 0.457. The lowest BCUT2D eigenvalue weighted by Crippen LogP contribution is -2.39. The summed E-state index contributed by atoms with van der Waals surface area (Å²) in [4.78, 5) is 11.3. The van der Waals surface area contributed by atoms with Crippen molar-refractivity contribution >= 4 is 5.91 Å². The Bertz CT molecular complexity index is 421. The van der Waals surface area contributed by atoms with Crippen molar-refractivity contribution in [3.05, 3.63) is 29.3 Å². The molecule has 0 radical (unpaired) electrons. The third kappa shape index (κ3) is 4.89. The van der Waals surface area contributed by atoms with E-state index in [1.165, 1.54) is 0 Å². The minimum Gasteiger partial charge on any atom is -0.494 e. The molecule has 1 amide bonds. The summed E-state index contributed by atoms with van der Waals surface area (Å²) in [5.41, 5.74) is 7.39. The number of hydrogen-bond acceptors (Lipinski definition) is 4. The largest absolute Gasteiger partial charge is 0.494 e. The van der Waals surface area contributed by atoms with Crippen LogP contribution in [0.1, 0.15) is 18.1 Å². The van der Waals surface area contributed by atoms with Crippen LogP contribution in [-0.2, 0) is 11.2 Å². The van der Waals surface area contributed by atoms with E-state index >= 15 is 0 Å². The monoisotopic (exact) mass is 266 g/mol. The Kier molecular flexibility index (Phi) is 6.32. The van der Waals surface area contributed by atoms with E-state index in [9.17, 15) is 9.90 Å². The van der Waals surface area contributed by atoms with Gasteiger partial charge >= 0.3 is 0 Å². The van der Waals surface area contributed by atoms with E-state index in [-0.39, 0.29) is 6.54 Å². The van der Waals surface area contributed by atoms with Crippen LogP contribution in [0.3, 0.4) is 0 Å². The first kappa shape index (κ1) is 15.5. The van der Waals surface area contributed by atoms with Crippen molar-refractivity contribution in [2.45, 2.75) is 26.4 Å². The molecule has 4 N–H and O–H groups in total. The summed E-state index contributed by atoms with van der Waals surface area (Å²) in [6.07, 6.45) is -0.418. The first-order chi connectivity index (χ1) is 9.08. The predicted molar refractivity (Wildman–Crippen MR) is 74.1 cm³/mol. The van der Waals surface area contributed by atoms with E-state index in [2.05, 4.69) is 5.32 Å². The fourth-order valence-corrected chi connectivity index (χ4v) is 1.74. The van der Waals surface area contributed by atoms with Crippen LogP contribution in [-0.4, -0.2) is 36.8 Å². The van der Waals surface area contributed by atoms with E-state index in [1.54, 1.807) is 0 Å². The molecular weight excluding hydrogens is 244 g/mol. The minimum atomic E-state index is -1.12. The van der Waals surface area contributed by atoms with Crippen molar-refractivity contribution in [3.63, 3.8) is 0 Å². The van der Waals surface area contributed by atoms with Crippen LogP contribution in [0.2, 0.25) is 0 Å². The molecule has 0 aliphatic rings. The highest BCUT2D eigenvalue weighted by molar-refractivity contribution is 5.80. The SMILES string of the molecule is CCOc1ccc(CCNC(=O)C(O)CN)cc1C. The van der Waals surface area contributed by atoms with Gasteiger partial charge < -0.3 is 20.9 Å². The summed E-state index contributed by atoms with van der Waals surface area (Å²) >= 11 is 0. The van der Waals surface area contributed by atoms with Gasteiger partial charge in [0.15, 0.2) is 0 Å². The molecule has 0 spiro atoms. The van der Waals surface area contributed by atoms with Crippen LogP contribution < -0.4 is 15.8 Å². The average Bonchev–Trinajstić information content (AvgIpc) is 2.40. The Morgan fingerprint density at radius 2 is 2.26 bits per heavy atom. The maximum atomic E-state index is 11.3. The summed E-state index contributed by atoms with van der Waals surface area (Å²) in [7, 11) is 0. The van der Waals surface area contributed by atoms with Gasteiger partial charge in [-0.05, 0) is 37.5 Å². The third-order valence-electron chi connectivity index (χ3n) is 2.78. The zero-order chi connectivity index (χ0) is 14.3. The number of carbonyl (C=O) groups excluding carboxylic acids is 1. The fourth-order valence-electron chi connectivity index (χ4n) is 1.74. The van der Waals surface area contributed by atoms with E-state index in [0.29, 0.717) is 19.6 Å². The lowest BCUT2D eigenvalue weighted by Gasteiger charge is -2.11. The molecule has 0 saturated carbocycles. The summed E-state index contributed by atoms with van der Waals surface area (Å²) < 4.78 is 5.46. The van der Waals surface area contributed by atoms with Gasteiger partial charge in [-0.15, -0.1) is 0 Å². The number of aryl methyl sites for hydroxylation is 1. The standard InChI is InChI=1S/C14H22N2O3/c1-3-19-13-5-4-11(8-10(13)2)6-7-16-14(18)12(17)9-15/h4-5,8,12,17H,3,6-7,9,15H2,1-2H3,(H,16,18). The molecular formula is C14H22N2O3. The molecule has 1 atom stereocenters. The number of hydrogen-bond donors (Lipinski definition) is 3. The molecule has 0 aromatic heterocycles. The highest BCUT2D eigenvalue weighted by atomic mass is 16.5. The Hall–Kier alpha value is -1.59. The molecule has 1 aromatic rings. The number of aliphatic hydroxyl groups excluding tert-OH is 1. The average molecular weight is 266 g/mol. The van der Waals surface area contributed by atoms with Crippen molar-refractivity contribution < 1.29 is 14.6 Å². The van der Waals surface area contributed by atoms with Gasteiger partial charge in [-0.1, -0.05) is 12.1 Å². The number of amides is 1. The first-order valence-electron chi connectivity index (χ1n) is 6.46. The van der Waals surface area contributed by atoms with Crippen molar-refractivity contribution in [3.8, 4) is 5.75 Å². The van der Waals surface area contributed by atoms with Gasteiger partial charge in [0, 0.05) is 13.1 Å². The number of nitrogens with one attached hydrogen (secondary N) is 1. The maximum Gasteiger partial charge on any atom is 0.250 e. The smallest absolute Gasteiger partial charge is 0.250 e. The Morgan fingerprint density at radius 1 is 1.53 bits per heavy atom. The topological polar surface area (TPSA) is 84.6 Å². The summed E-state index contributed by atoms with van der Waals surface area (Å²) in [6, 6.07) is 5.95. The van der Waals surface area contributed by atoms with Gasteiger partial charge in [-0.25, -0.2) is 0 Å². The second-order valence-corrected chi connectivity index (χ2v) is 4.33. The number of carbonyl (C=O) groups is 1. The second-order valence-electron chi connectivity index (χ2n) is 4.33. The maximum absolute atomic E-state index is 11.3. The zero-order valence-electron chi connectivity index (χ0n) is 11.5. The molecule has 0 aliphatic carbocycles. The molecule has 0 heterocycles. The van der Waals surface area contributed by atoms with E-state index in [1.807, 2.05) is 32.0 Å². The Balaban J connectivity index is 2.46. The second kappa shape index (κ2) is 7.76. The van der Waals surface area contributed by atoms with Crippen LogP contribution in [0.15, 0.2) is 18.2 Å². The molecule has 19 heavy (non-hydrogen) atoms. The van der Waals surface area contributed by atoms with Crippen molar-refractivity contribution in [2.24, 2.45) is 5.73 Å². The van der Waals surface area contributed by atoms with Crippen molar-refractivity contribution in [2.75, 3.05) is 19.7 Å². The lowest BCUT2D eigenvalue weighted by atomic mass is 10.1. The molecule has 0 aliphatic heterocycles. The first-order valence-corrected chi connectivity index (χ1v) is 6.46. The van der Waals surface area contributed by atoms with Gasteiger partial charge in [0.2, 0.25) is 5.91 Å².